The van der Waals surface area contributed by atoms with Gasteiger partial charge in [0.1, 0.15) is 0 Å². The molecule has 0 radical (unpaired) electrons. The normalized spacial score (nSPS) is 22.5. The molecule has 18 heavy (non-hydrogen) atoms. The number of likely N-dealkylation sites (tertiary alicyclic amines) is 1. The minimum Gasteiger partial charge on any atom is -0.338 e. The molecule has 1 aromatic rings. The van der Waals surface area contributed by atoms with Crippen LogP contribution in [-0.4, -0.2) is 37.5 Å². The van der Waals surface area contributed by atoms with Crippen LogP contribution in [0.5, 0.6) is 0 Å². The Kier molecular flexibility index (Phi) is 3.39. The Balaban J connectivity index is 1.67. The summed E-state index contributed by atoms with van der Waals surface area (Å²) in [6, 6.07) is 2.14. The predicted molar refractivity (Wildman–Crippen MR) is 74.3 cm³/mol. The van der Waals surface area contributed by atoms with E-state index in [0.717, 1.165) is 30.9 Å². The number of rotatable bonds is 3. The van der Waals surface area contributed by atoms with Crippen LogP contribution in [0.3, 0.4) is 0 Å². The molecule has 3 nitrogen and oxygen atoms in total. The maximum atomic E-state index is 12.4. The quantitative estimate of drug-likeness (QED) is 0.904. The minimum absolute atomic E-state index is 0.257. The van der Waals surface area contributed by atoms with Gasteiger partial charge in [0.15, 0.2) is 0 Å². The van der Waals surface area contributed by atoms with E-state index in [1.807, 2.05) is 11.9 Å². The molecule has 0 aromatic carbocycles. The SMILES string of the molecule is CNCC1CCN(C(=O)c2cc3c(s2)CCC3)C1. The van der Waals surface area contributed by atoms with Gasteiger partial charge in [-0.1, -0.05) is 0 Å². The third kappa shape index (κ3) is 2.19. The molecule has 2 aliphatic rings. The second kappa shape index (κ2) is 5.02. The highest BCUT2D eigenvalue weighted by Crippen LogP contribution is 2.32. The molecule has 2 heterocycles. The molecule has 1 aromatic heterocycles. The number of nitrogens with one attached hydrogen (secondary N) is 1. The first-order valence-corrected chi connectivity index (χ1v) is 7.65. The Morgan fingerprint density at radius 2 is 2.44 bits per heavy atom. The first-order chi connectivity index (χ1) is 8.78. The van der Waals surface area contributed by atoms with Crippen LogP contribution in [0.15, 0.2) is 6.07 Å². The van der Waals surface area contributed by atoms with Gasteiger partial charge in [0.25, 0.3) is 5.91 Å². The van der Waals surface area contributed by atoms with Crippen molar-refractivity contribution in [2.75, 3.05) is 26.7 Å². The van der Waals surface area contributed by atoms with E-state index < -0.39 is 0 Å². The van der Waals surface area contributed by atoms with Crippen LogP contribution in [0.25, 0.3) is 0 Å². The lowest BCUT2D eigenvalue weighted by Crippen LogP contribution is -2.29. The third-order valence-electron chi connectivity index (χ3n) is 4.02. The van der Waals surface area contributed by atoms with E-state index in [4.69, 9.17) is 0 Å². The third-order valence-corrected chi connectivity index (χ3v) is 5.25. The molecule has 0 saturated carbocycles. The summed E-state index contributed by atoms with van der Waals surface area (Å²) >= 11 is 1.72. The smallest absolute Gasteiger partial charge is 0.263 e. The Bertz CT molecular complexity index is 433. The monoisotopic (exact) mass is 264 g/mol. The molecule has 1 fully saturated rings. The first kappa shape index (κ1) is 12.2. The molecule has 1 N–H and O–H groups in total. The van der Waals surface area contributed by atoms with E-state index in [2.05, 4.69) is 11.4 Å². The van der Waals surface area contributed by atoms with Crippen molar-refractivity contribution in [3.8, 4) is 0 Å². The van der Waals surface area contributed by atoms with Gasteiger partial charge in [0, 0.05) is 18.0 Å². The summed E-state index contributed by atoms with van der Waals surface area (Å²) in [5.74, 6) is 0.888. The second-order valence-electron chi connectivity index (χ2n) is 5.38. The zero-order chi connectivity index (χ0) is 12.5. The summed E-state index contributed by atoms with van der Waals surface area (Å²) < 4.78 is 0. The fourth-order valence-corrected chi connectivity index (χ4v) is 4.28. The predicted octanol–water partition coefficient (Wildman–Crippen LogP) is 1.92. The van der Waals surface area contributed by atoms with Crippen LogP contribution in [0.2, 0.25) is 0 Å². The minimum atomic E-state index is 0.257. The lowest BCUT2D eigenvalue weighted by molar-refractivity contribution is 0.0792. The Morgan fingerprint density at radius 1 is 1.56 bits per heavy atom. The molecular weight excluding hydrogens is 244 g/mol. The van der Waals surface area contributed by atoms with Crippen molar-refractivity contribution >= 4 is 17.2 Å². The molecule has 0 bridgehead atoms. The van der Waals surface area contributed by atoms with Crippen LogP contribution < -0.4 is 5.32 Å². The lowest BCUT2D eigenvalue weighted by atomic mass is 10.1. The summed E-state index contributed by atoms with van der Waals surface area (Å²) in [6.45, 7) is 2.86. The molecule has 1 amide bonds. The zero-order valence-corrected chi connectivity index (χ0v) is 11.7. The van der Waals surface area contributed by atoms with E-state index >= 15 is 0 Å². The van der Waals surface area contributed by atoms with Crippen molar-refractivity contribution in [3.05, 3.63) is 21.4 Å². The molecule has 0 spiro atoms. The summed E-state index contributed by atoms with van der Waals surface area (Å²) in [7, 11) is 1.98. The van der Waals surface area contributed by atoms with Crippen LogP contribution in [0.4, 0.5) is 0 Å². The van der Waals surface area contributed by atoms with Crippen molar-refractivity contribution < 1.29 is 4.79 Å². The van der Waals surface area contributed by atoms with Crippen molar-refractivity contribution in [1.29, 1.82) is 0 Å². The van der Waals surface area contributed by atoms with E-state index in [0.29, 0.717) is 5.92 Å². The topological polar surface area (TPSA) is 32.3 Å². The molecular formula is C14H20N2OS. The Morgan fingerprint density at radius 3 is 3.22 bits per heavy atom. The fraction of sp³-hybridized carbons (Fsp3) is 0.643. The number of fused-ring (bicyclic) bond motifs is 1. The maximum Gasteiger partial charge on any atom is 0.263 e. The maximum absolute atomic E-state index is 12.4. The summed E-state index contributed by atoms with van der Waals surface area (Å²) in [6.07, 6.45) is 4.75. The number of thiophene rings is 1. The molecule has 98 valence electrons. The summed E-state index contributed by atoms with van der Waals surface area (Å²) in [5, 5.41) is 3.21. The van der Waals surface area contributed by atoms with E-state index in [1.54, 1.807) is 11.3 Å². The molecule has 1 aliphatic carbocycles. The number of carbonyl (C=O) groups is 1. The molecule has 1 aliphatic heterocycles. The number of nitrogens with zero attached hydrogens (tertiary/aromatic N) is 1. The van der Waals surface area contributed by atoms with Gasteiger partial charge in [-0.3, -0.25) is 4.79 Å². The van der Waals surface area contributed by atoms with Gasteiger partial charge in [0.05, 0.1) is 4.88 Å². The van der Waals surface area contributed by atoms with Crippen LogP contribution in [-0.2, 0) is 12.8 Å². The van der Waals surface area contributed by atoms with Crippen LogP contribution >= 0.6 is 11.3 Å². The van der Waals surface area contributed by atoms with Crippen LogP contribution in [0, 0.1) is 5.92 Å². The Labute approximate surface area is 112 Å². The van der Waals surface area contributed by atoms with E-state index in [-0.39, 0.29) is 5.91 Å². The average Bonchev–Trinajstić information content (AvgIpc) is 3.02. The number of hydrogen-bond acceptors (Lipinski definition) is 3. The molecule has 1 unspecified atom stereocenters. The second-order valence-corrected chi connectivity index (χ2v) is 6.51. The lowest BCUT2D eigenvalue weighted by Gasteiger charge is -2.15. The summed E-state index contributed by atoms with van der Waals surface area (Å²) in [5.41, 5.74) is 1.43. The molecule has 4 heteroatoms. The van der Waals surface area contributed by atoms with Gasteiger partial charge in [0.2, 0.25) is 0 Å². The fourth-order valence-electron chi connectivity index (χ4n) is 3.06. The number of aryl methyl sites for hydroxylation is 2. The summed E-state index contributed by atoms with van der Waals surface area (Å²) in [4.78, 5) is 16.9. The van der Waals surface area contributed by atoms with Crippen molar-refractivity contribution in [2.45, 2.75) is 25.7 Å². The van der Waals surface area contributed by atoms with Gasteiger partial charge in [-0.15, -0.1) is 11.3 Å². The van der Waals surface area contributed by atoms with Crippen LogP contribution in [0.1, 0.15) is 33.0 Å². The van der Waals surface area contributed by atoms with Gasteiger partial charge >= 0.3 is 0 Å². The van der Waals surface area contributed by atoms with Crippen molar-refractivity contribution in [2.24, 2.45) is 5.92 Å². The van der Waals surface area contributed by atoms with Crippen molar-refractivity contribution in [1.82, 2.24) is 10.2 Å². The highest BCUT2D eigenvalue weighted by Gasteiger charge is 2.28. The van der Waals surface area contributed by atoms with E-state index in [1.165, 1.54) is 29.7 Å². The van der Waals surface area contributed by atoms with Gasteiger partial charge in [-0.05, 0) is 56.8 Å². The average molecular weight is 264 g/mol. The van der Waals surface area contributed by atoms with Crippen molar-refractivity contribution in [3.63, 3.8) is 0 Å². The number of hydrogen-bond donors (Lipinski definition) is 1. The zero-order valence-electron chi connectivity index (χ0n) is 10.9. The highest BCUT2D eigenvalue weighted by molar-refractivity contribution is 7.14. The van der Waals surface area contributed by atoms with Gasteiger partial charge in [-0.25, -0.2) is 0 Å². The van der Waals surface area contributed by atoms with Gasteiger partial charge in [-0.2, -0.15) is 0 Å². The largest absolute Gasteiger partial charge is 0.338 e. The molecule has 1 atom stereocenters. The number of carbonyl (C=O) groups excluding carboxylic acids is 1. The molecule has 1 saturated heterocycles. The first-order valence-electron chi connectivity index (χ1n) is 6.83. The molecule has 3 rings (SSSR count). The number of amides is 1. The van der Waals surface area contributed by atoms with E-state index in [9.17, 15) is 4.79 Å². The highest BCUT2D eigenvalue weighted by atomic mass is 32.1. The standard InChI is InChI=1S/C14H20N2OS/c1-15-8-10-5-6-16(9-10)14(17)13-7-11-3-2-4-12(11)18-13/h7,10,15H,2-6,8-9H2,1H3. The van der Waals surface area contributed by atoms with Gasteiger partial charge < -0.3 is 10.2 Å². The Hall–Kier alpha value is -0.870.